The van der Waals surface area contributed by atoms with Crippen LogP contribution in [0.15, 0.2) is 24.5 Å². The van der Waals surface area contributed by atoms with Crippen molar-refractivity contribution in [3.05, 3.63) is 30.1 Å². The molecule has 4 nitrogen and oxygen atoms in total. The maximum Gasteiger partial charge on any atom is 0.230 e. The molecule has 5 heteroatoms. The van der Waals surface area contributed by atoms with Crippen LogP contribution in [0.3, 0.4) is 0 Å². The average molecular weight is 307 g/mol. The highest BCUT2D eigenvalue weighted by atomic mass is 32.2. The van der Waals surface area contributed by atoms with Crippen LogP contribution in [-0.4, -0.2) is 46.9 Å². The van der Waals surface area contributed by atoms with Crippen molar-refractivity contribution >= 4 is 17.7 Å². The molecule has 2 rings (SSSR count). The molecule has 0 radical (unpaired) electrons. The summed E-state index contributed by atoms with van der Waals surface area (Å²) in [4.78, 5) is 18.5. The molecule has 0 aromatic carbocycles. The number of amides is 1. The third-order valence-electron chi connectivity index (χ3n) is 3.93. The third kappa shape index (κ3) is 5.00. The van der Waals surface area contributed by atoms with Crippen LogP contribution in [0.4, 0.5) is 0 Å². The number of thioether (sulfide) groups is 1. The molecule has 0 saturated carbocycles. The Labute approximate surface area is 131 Å². The molecule has 0 bridgehead atoms. The van der Waals surface area contributed by atoms with E-state index in [1.54, 1.807) is 18.0 Å². The van der Waals surface area contributed by atoms with Gasteiger partial charge in [0, 0.05) is 38.1 Å². The number of hydrogen-bond acceptors (Lipinski definition) is 4. The summed E-state index contributed by atoms with van der Waals surface area (Å²) in [6, 6.07) is 4.38. The highest BCUT2D eigenvalue weighted by Gasteiger charge is 2.32. The van der Waals surface area contributed by atoms with Crippen LogP contribution in [0.25, 0.3) is 0 Å². The molecule has 1 N–H and O–H groups in total. The van der Waals surface area contributed by atoms with Crippen LogP contribution >= 0.6 is 11.8 Å². The van der Waals surface area contributed by atoms with E-state index in [4.69, 9.17) is 0 Å². The Balaban J connectivity index is 1.92. The number of hydrogen-bond donors (Lipinski definition) is 1. The van der Waals surface area contributed by atoms with Gasteiger partial charge in [-0.2, -0.15) is 11.8 Å². The predicted molar refractivity (Wildman–Crippen MR) is 88.2 cm³/mol. The van der Waals surface area contributed by atoms with Gasteiger partial charge in [0.2, 0.25) is 5.91 Å². The lowest BCUT2D eigenvalue weighted by molar-refractivity contribution is -0.119. The SMILES string of the molecule is CCC[C@@H]1CN(Cc2cccnc2)C[C@H]1NC(=O)CSC. The number of carbonyl (C=O) groups is 1. The molecule has 1 aromatic rings. The molecule has 2 atom stereocenters. The van der Waals surface area contributed by atoms with E-state index in [2.05, 4.69) is 28.2 Å². The molecule has 1 aromatic heterocycles. The van der Waals surface area contributed by atoms with Crippen molar-refractivity contribution in [3.8, 4) is 0 Å². The molecule has 0 aliphatic carbocycles. The number of nitrogens with one attached hydrogen (secondary N) is 1. The third-order valence-corrected chi connectivity index (χ3v) is 4.48. The summed E-state index contributed by atoms with van der Waals surface area (Å²) >= 11 is 1.58. The van der Waals surface area contributed by atoms with E-state index in [1.165, 1.54) is 18.4 Å². The number of aromatic nitrogens is 1. The smallest absolute Gasteiger partial charge is 0.230 e. The zero-order valence-corrected chi connectivity index (χ0v) is 13.7. The van der Waals surface area contributed by atoms with E-state index < -0.39 is 0 Å². The van der Waals surface area contributed by atoms with Crippen LogP contribution < -0.4 is 5.32 Å². The molecule has 21 heavy (non-hydrogen) atoms. The largest absolute Gasteiger partial charge is 0.351 e. The molecule has 2 heterocycles. The van der Waals surface area contributed by atoms with E-state index in [0.717, 1.165) is 19.6 Å². The van der Waals surface area contributed by atoms with Crippen molar-refractivity contribution in [2.45, 2.75) is 32.4 Å². The van der Waals surface area contributed by atoms with Crippen LogP contribution in [0.1, 0.15) is 25.3 Å². The molecule has 1 fully saturated rings. The standard InChI is InChI=1S/C16H25N3OS/c1-3-5-14-10-19(9-13-6-4-7-17-8-13)11-15(14)18-16(20)12-21-2/h4,6-8,14-15H,3,5,9-12H2,1-2H3,(H,18,20)/t14-,15-/m1/s1. The van der Waals surface area contributed by atoms with Gasteiger partial charge in [0.15, 0.2) is 0 Å². The number of pyridine rings is 1. The van der Waals surface area contributed by atoms with Gasteiger partial charge in [-0.15, -0.1) is 0 Å². The highest BCUT2D eigenvalue weighted by Crippen LogP contribution is 2.23. The zero-order chi connectivity index (χ0) is 15.1. The van der Waals surface area contributed by atoms with Gasteiger partial charge in [-0.1, -0.05) is 19.4 Å². The zero-order valence-electron chi connectivity index (χ0n) is 12.9. The van der Waals surface area contributed by atoms with Crippen molar-refractivity contribution in [1.29, 1.82) is 0 Å². The Bertz CT molecular complexity index is 440. The van der Waals surface area contributed by atoms with Gasteiger partial charge < -0.3 is 5.32 Å². The monoisotopic (exact) mass is 307 g/mol. The maximum absolute atomic E-state index is 11.9. The molecule has 0 spiro atoms. The Kier molecular flexibility index (Phi) is 6.51. The van der Waals surface area contributed by atoms with E-state index in [9.17, 15) is 4.79 Å². The number of carbonyl (C=O) groups excluding carboxylic acids is 1. The van der Waals surface area contributed by atoms with Gasteiger partial charge in [0.25, 0.3) is 0 Å². The van der Waals surface area contributed by atoms with E-state index >= 15 is 0 Å². The Morgan fingerprint density at radius 3 is 3.05 bits per heavy atom. The fraction of sp³-hybridized carbons (Fsp3) is 0.625. The fourth-order valence-corrected chi connectivity index (χ4v) is 3.39. The van der Waals surface area contributed by atoms with Crippen molar-refractivity contribution in [1.82, 2.24) is 15.2 Å². The Hall–Kier alpha value is -1.07. The quantitative estimate of drug-likeness (QED) is 0.838. The van der Waals surface area contributed by atoms with Gasteiger partial charge in [0.1, 0.15) is 0 Å². The summed E-state index contributed by atoms with van der Waals surface area (Å²) in [6.07, 6.45) is 8.04. The molecular weight excluding hydrogens is 282 g/mol. The first kappa shape index (κ1) is 16.3. The maximum atomic E-state index is 11.9. The van der Waals surface area contributed by atoms with Crippen molar-refractivity contribution < 1.29 is 4.79 Å². The average Bonchev–Trinajstić information content (AvgIpc) is 2.82. The molecule has 0 unspecified atom stereocenters. The summed E-state index contributed by atoms with van der Waals surface area (Å²) in [7, 11) is 0. The molecule has 1 saturated heterocycles. The second-order valence-electron chi connectivity index (χ2n) is 5.71. The number of rotatable bonds is 7. The molecule has 1 amide bonds. The second kappa shape index (κ2) is 8.39. The predicted octanol–water partition coefficient (Wildman–Crippen LogP) is 2.16. The summed E-state index contributed by atoms with van der Waals surface area (Å²) in [5, 5.41) is 3.21. The highest BCUT2D eigenvalue weighted by molar-refractivity contribution is 7.99. The lowest BCUT2D eigenvalue weighted by Gasteiger charge is -2.19. The summed E-state index contributed by atoms with van der Waals surface area (Å²) in [5.74, 6) is 1.28. The van der Waals surface area contributed by atoms with Crippen LogP contribution in [0.5, 0.6) is 0 Å². The first-order valence-electron chi connectivity index (χ1n) is 7.62. The first-order chi connectivity index (χ1) is 10.2. The topological polar surface area (TPSA) is 45.2 Å². The van der Waals surface area contributed by atoms with Crippen LogP contribution in [0, 0.1) is 5.92 Å². The van der Waals surface area contributed by atoms with E-state index in [-0.39, 0.29) is 5.91 Å². The molecule has 116 valence electrons. The minimum Gasteiger partial charge on any atom is -0.351 e. The van der Waals surface area contributed by atoms with Gasteiger partial charge in [-0.25, -0.2) is 0 Å². The summed E-state index contributed by atoms with van der Waals surface area (Å²) in [5.41, 5.74) is 1.24. The molecule has 1 aliphatic heterocycles. The van der Waals surface area contributed by atoms with Crippen molar-refractivity contribution in [3.63, 3.8) is 0 Å². The van der Waals surface area contributed by atoms with E-state index in [0.29, 0.717) is 17.7 Å². The van der Waals surface area contributed by atoms with Gasteiger partial charge in [-0.3, -0.25) is 14.7 Å². The van der Waals surface area contributed by atoms with E-state index in [1.807, 2.05) is 18.5 Å². The van der Waals surface area contributed by atoms with Gasteiger partial charge >= 0.3 is 0 Å². The minimum atomic E-state index is 0.164. The van der Waals surface area contributed by atoms with Crippen LogP contribution in [0.2, 0.25) is 0 Å². The number of nitrogens with zero attached hydrogens (tertiary/aromatic N) is 2. The van der Waals surface area contributed by atoms with Crippen LogP contribution in [-0.2, 0) is 11.3 Å². The normalized spacial score (nSPS) is 22.4. The van der Waals surface area contributed by atoms with Gasteiger partial charge in [0.05, 0.1) is 5.75 Å². The minimum absolute atomic E-state index is 0.164. The molecular formula is C16H25N3OS. The number of likely N-dealkylation sites (tertiary alicyclic amines) is 1. The lowest BCUT2D eigenvalue weighted by atomic mass is 9.98. The fourth-order valence-electron chi connectivity index (χ4n) is 3.05. The molecule has 1 aliphatic rings. The Morgan fingerprint density at radius 2 is 2.38 bits per heavy atom. The van der Waals surface area contributed by atoms with Gasteiger partial charge in [-0.05, 0) is 30.2 Å². The van der Waals surface area contributed by atoms with Crippen molar-refractivity contribution in [2.75, 3.05) is 25.1 Å². The summed E-state index contributed by atoms with van der Waals surface area (Å²) < 4.78 is 0. The first-order valence-corrected chi connectivity index (χ1v) is 9.01. The Morgan fingerprint density at radius 1 is 1.52 bits per heavy atom. The lowest BCUT2D eigenvalue weighted by Crippen LogP contribution is -2.41. The second-order valence-corrected chi connectivity index (χ2v) is 6.58. The van der Waals surface area contributed by atoms with Crippen molar-refractivity contribution in [2.24, 2.45) is 5.92 Å². The summed E-state index contributed by atoms with van der Waals surface area (Å²) in [6.45, 7) is 5.14.